The molecule has 0 aliphatic rings. The average molecular weight is 285 g/mol. The Hall–Kier alpha value is -2.96. The van der Waals surface area contributed by atoms with Gasteiger partial charge in [0, 0.05) is 24.6 Å². The van der Waals surface area contributed by atoms with Crippen LogP contribution in [-0.2, 0) is 0 Å². The zero-order chi connectivity index (χ0) is 15.2. The fourth-order valence-corrected chi connectivity index (χ4v) is 1.57. The van der Waals surface area contributed by atoms with Crippen molar-refractivity contribution in [3.05, 3.63) is 48.0 Å². The maximum Gasteiger partial charge on any atom is 0.318 e. The van der Waals surface area contributed by atoms with E-state index < -0.39 is 0 Å². The minimum Gasteiger partial charge on any atom is -0.341 e. The Bertz CT molecular complexity index is 655. The van der Waals surface area contributed by atoms with Crippen molar-refractivity contribution >= 4 is 23.3 Å². The number of amides is 3. The summed E-state index contributed by atoms with van der Waals surface area (Å²) in [5.41, 5.74) is 2.09. The monoisotopic (exact) mass is 285 g/mol. The fourth-order valence-electron chi connectivity index (χ4n) is 1.57. The van der Waals surface area contributed by atoms with Crippen LogP contribution in [0, 0.1) is 6.92 Å². The summed E-state index contributed by atoms with van der Waals surface area (Å²) < 4.78 is 0. The Morgan fingerprint density at radius 3 is 2.38 bits per heavy atom. The van der Waals surface area contributed by atoms with E-state index in [1.807, 2.05) is 0 Å². The molecule has 7 heteroatoms. The van der Waals surface area contributed by atoms with Gasteiger partial charge in [-0.25, -0.2) is 9.78 Å². The second-order valence-electron chi connectivity index (χ2n) is 4.28. The van der Waals surface area contributed by atoms with Crippen LogP contribution in [0.1, 0.15) is 16.2 Å². The molecule has 0 aliphatic heterocycles. The molecule has 0 saturated heterocycles. The zero-order valence-electron chi connectivity index (χ0n) is 11.7. The number of rotatable bonds is 3. The van der Waals surface area contributed by atoms with Gasteiger partial charge in [-0.3, -0.25) is 9.78 Å². The lowest BCUT2D eigenvalue weighted by atomic mass is 10.2. The maximum absolute atomic E-state index is 12.0. The lowest BCUT2D eigenvalue weighted by Crippen LogP contribution is -2.24. The van der Waals surface area contributed by atoms with Crippen molar-refractivity contribution in [3.8, 4) is 0 Å². The molecular formula is C14H15N5O2. The number of carbonyl (C=O) groups is 2. The summed E-state index contributed by atoms with van der Waals surface area (Å²) in [5, 5.41) is 7.77. The molecule has 0 atom stereocenters. The third kappa shape index (κ3) is 4.00. The molecule has 1 aromatic heterocycles. The van der Waals surface area contributed by atoms with Crippen LogP contribution in [0.3, 0.4) is 0 Å². The summed E-state index contributed by atoms with van der Waals surface area (Å²) in [6, 6.07) is 6.48. The number of nitrogens with one attached hydrogen (secondary N) is 3. The number of nitrogens with zero attached hydrogens (tertiary/aromatic N) is 2. The fraction of sp³-hybridized carbons (Fsp3) is 0.143. The summed E-state index contributed by atoms with van der Waals surface area (Å²) in [7, 11) is 1.52. The van der Waals surface area contributed by atoms with Gasteiger partial charge in [-0.1, -0.05) is 6.07 Å². The molecule has 21 heavy (non-hydrogen) atoms. The number of hydrogen-bond acceptors (Lipinski definition) is 4. The van der Waals surface area contributed by atoms with E-state index in [0.29, 0.717) is 11.4 Å². The van der Waals surface area contributed by atoms with E-state index in [2.05, 4.69) is 25.9 Å². The summed E-state index contributed by atoms with van der Waals surface area (Å²) in [6.45, 7) is 1.79. The average Bonchev–Trinajstić information content (AvgIpc) is 2.48. The highest BCUT2D eigenvalue weighted by molar-refractivity contribution is 6.03. The van der Waals surface area contributed by atoms with Crippen LogP contribution >= 0.6 is 0 Å². The lowest BCUT2D eigenvalue weighted by Gasteiger charge is -2.08. The molecule has 108 valence electrons. The second kappa shape index (κ2) is 6.47. The first-order chi connectivity index (χ1) is 10.1. The standard InChI is InChI=1S/C14H15N5O2/c1-9-7-17-12(8-16-9)13(20)18-10-4-3-5-11(6-10)19-14(21)15-2/h3-8H,1-2H3,(H,18,20)(H2,15,19,21). The van der Waals surface area contributed by atoms with Crippen molar-refractivity contribution in [2.75, 3.05) is 17.7 Å². The van der Waals surface area contributed by atoms with Gasteiger partial charge in [-0.15, -0.1) is 0 Å². The third-order valence-electron chi connectivity index (χ3n) is 2.62. The van der Waals surface area contributed by atoms with Crippen LogP contribution in [0.2, 0.25) is 0 Å². The molecule has 7 nitrogen and oxygen atoms in total. The van der Waals surface area contributed by atoms with E-state index in [1.54, 1.807) is 31.2 Å². The molecule has 1 aromatic carbocycles. The molecule has 3 amide bonds. The molecule has 1 heterocycles. The van der Waals surface area contributed by atoms with Gasteiger partial charge in [-0.05, 0) is 25.1 Å². The number of urea groups is 1. The van der Waals surface area contributed by atoms with Gasteiger partial charge in [0.2, 0.25) is 0 Å². The Morgan fingerprint density at radius 1 is 1.05 bits per heavy atom. The molecular weight excluding hydrogens is 270 g/mol. The minimum atomic E-state index is -0.361. The molecule has 0 unspecified atom stereocenters. The van der Waals surface area contributed by atoms with Crippen LogP contribution in [0.4, 0.5) is 16.2 Å². The number of carbonyl (C=O) groups excluding carboxylic acids is 2. The highest BCUT2D eigenvalue weighted by Crippen LogP contribution is 2.15. The van der Waals surface area contributed by atoms with Crippen molar-refractivity contribution < 1.29 is 9.59 Å². The van der Waals surface area contributed by atoms with Gasteiger partial charge in [0.05, 0.1) is 11.9 Å². The van der Waals surface area contributed by atoms with Gasteiger partial charge in [0.1, 0.15) is 5.69 Å². The first-order valence-corrected chi connectivity index (χ1v) is 6.27. The Labute approximate surface area is 121 Å². The van der Waals surface area contributed by atoms with Crippen LogP contribution in [0.15, 0.2) is 36.7 Å². The highest BCUT2D eigenvalue weighted by Gasteiger charge is 2.08. The van der Waals surface area contributed by atoms with E-state index in [-0.39, 0.29) is 17.6 Å². The van der Waals surface area contributed by atoms with Crippen LogP contribution in [0.5, 0.6) is 0 Å². The Kier molecular flexibility index (Phi) is 4.45. The minimum absolute atomic E-state index is 0.227. The van der Waals surface area contributed by atoms with Gasteiger partial charge >= 0.3 is 6.03 Å². The third-order valence-corrected chi connectivity index (χ3v) is 2.62. The topological polar surface area (TPSA) is 96.0 Å². The molecule has 2 rings (SSSR count). The predicted molar refractivity (Wildman–Crippen MR) is 79.2 cm³/mol. The summed E-state index contributed by atoms with van der Waals surface area (Å²) in [6.07, 6.45) is 2.94. The molecule has 0 bridgehead atoms. The lowest BCUT2D eigenvalue weighted by molar-refractivity contribution is 0.102. The van der Waals surface area contributed by atoms with E-state index in [9.17, 15) is 9.59 Å². The van der Waals surface area contributed by atoms with Gasteiger partial charge in [0.15, 0.2) is 0 Å². The van der Waals surface area contributed by atoms with Crippen molar-refractivity contribution in [2.24, 2.45) is 0 Å². The van der Waals surface area contributed by atoms with E-state index in [4.69, 9.17) is 0 Å². The maximum atomic E-state index is 12.0. The SMILES string of the molecule is CNC(=O)Nc1cccc(NC(=O)c2cnc(C)cn2)c1. The van der Waals surface area contributed by atoms with Gasteiger partial charge in [-0.2, -0.15) is 0 Å². The summed E-state index contributed by atoms with van der Waals surface area (Å²) in [4.78, 5) is 31.3. The normalized spacial score (nSPS) is 9.81. The largest absolute Gasteiger partial charge is 0.341 e. The van der Waals surface area contributed by atoms with Gasteiger partial charge < -0.3 is 16.0 Å². The van der Waals surface area contributed by atoms with E-state index in [0.717, 1.165) is 5.69 Å². The van der Waals surface area contributed by atoms with E-state index >= 15 is 0 Å². The Morgan fingerprint density at radius 2 is 1.76 bits per heavy atom. The van der Waals surface area contributed by atoms with Crippen molar-refractivity contribution in [1.82, 2.24) is 15.3 Å². The van der Waals surface area contributed by atoms with Crippen LogP contribution in [0.25, 0.3) is 0 Å². The van der Waals surface area contributed by atoms with Gasteiger partial charge in [0.25, 0.3) is 5.91 Å². The summed E-state index contributed by atoms with van der Waals surface area (Å²) in [5.74, 6) is -0.361. The smallest absolute Gasteiger partial charge is 0.318 e. The molecule has 0 spiro atoms. The van der Waals surface area contributed by atoms with Crippen LogP contribution in [-0.4, -0.2) is 29.0 Å². The first kappa shape index (κ1) is 14.4. The number of anilines is 2. The molecule has 0 aliphatic carbocycles. The second-order valence-corrected chi connectivity index (χ2v) is 4.28. The Balaban J connectivity index is 2.08. The number of benzene rings is 1. The van der Waals surface area contributed by atoms with Crippen molar-refractivity contribution in [1.29, 1.82) is 0 Å². The van der Waals surface area contributed by atoms with E-state index in [1.165, 1.54) is 19.4 Å². The zero-order valence-corrected chi connectivity index (χ0v) is 11.7. The molecule has 2 aromatic rings. The number of aromatic nitrogens is 2. The van der Waals surface area contributed by atoms with Crippen LogP contribution < -0.4 is 16.0 Å². The number of aryl methyl sites for hydroxylation is 1. The molecule has 0 saturated carbocycles. The first-order valence-electron chi connectivity index (χ1n) is 6.27. The highest BCUT2D eigenvalue weighted by atomic mass is 16.2. The van der Waals surface area contributed by atoms with Crippen molar-refractivity contribution in [2.45, 2.75) is 6.92 Å². The number of hydrogen-bond donors (Lipinski definition) is 3. The predicted octanol–water partition coefficient (Wildman–Crippen LogP) is 1.79. The molecule has 0 fully saturated rings. The van der Waals surface area contributed by atoms with Crippen molar-refractivity contribution in [3.63, 3.8) is 0 Å². The molecule has 3 N–H and O–H groups in total. The quantitative estimate of drug-likeness (QED) is 0.801. The summed E-state index contributed by atoms with van der Waals surface area (Å²) >= 11 is 0. The molecule has 0 radical (unpaired) electrons.